The van der Waals surface area contributed by atoms with E-state index < -0.39 is 0 Å². The largest absolute Gasteiger partial charge is 0.368 e. The Morgan fingerprint density at radius 2 is 1.64 bits per heavy atom. The number of nitrogen functional groups attached to an aromatic ring is 1. The van der Waals surface area contributed by atoms with Gasteiger partial charge in [0.1, 0.15) is 0 Å². The zero-order chi connectivity index (χ0) is 17.1. The lowest BCUT2D eigenvalue weighted by molar-refractivity contribution is 0.859. The van der Waals surface area contributed by atoms with E-state index in [9.17, 15) is 0 Å². The molecular weight excluding hydrogens is 312 g/mol. The average Bonchev–Trinajstić information content (AvgIpc) is 3.03. The van der Waals surface area contributed by atoms with Crippen molar-refractivity contribution in [2.75, 3.05) is 11.1 Å². The van der Waals surface area contributed by atoms with E-state index in [1.807, 2.05) is 54.6 Å². The summed E-state index contributed by atoms with van der Waals surface area (Å²) < 4.78 is 1.50. The molecule has 4 aromatic rings. The predicted octanol–water partition coefficient (Wildman–Crippen LogP) is 3.66. The monoisotopic (exact) mass is 328 g/mol. The van der Waals surface area contributed by atoms with Crippen LogP contribution in [0.1, 0.15) is 0 Å². The van der Waals surface area contributed by atoms with Crippen molar-refractivity contribution in [1.29, 1.82) is 0 Å². The maximum absolute atomic E-state index is 5.96. The zero-order valence-corrected chi connectivity index (χ0v) is 13.4. The average molecular weight is 328 g/mol. The molecule has 25 heavy (non-hydrogen) atoms. The molecule has 2 aromatic carbocycles. The van der Waals surface area contributed by atoms with Gasteiger partial charge in [-0.15, -0.1) is 5.10 Å². The second-order valence-corrected chi connectivity index (χ2v) is 5.47. The van der Waals surface area contributed by atoms with Crippen LogP contribution in [-0.2, 0) is 0 Å². The number of aromatic nitrogens is 4. The van der Waals surface area contributed by atoms with Gasteiger partial charge in [0.2, 0.25) is 11.9 Å². The molecule has 0 spiro atoms. The summed E-state index contributed by atoms with van der Waals surface area (Å²) in [6, 6.07) is 23.8. The molecule has 0 saturated heterocycles. The Kier molecular flexibility index (Phi) is 3.84. The van der Waals surface area contributed by atoms with Crippen molar-refractivity contribution < 1.29 is 0 Å². The fourth-order valence-electron chi connectivity index (χ4n) is 2.56. The minimum Gasteiger partial charge on any atom is -0.368 e. The summed E-state index contributed by atoms with van der Waals surface area (Å²) >= 11 is 0. The highest BCUT2D eigenvalue weighted by atomic mass is 15.4. The van der Waals surface area contributed by atoms with E-state index in [0.717, 1.165) is 16.8 Å². The molecule has 0 aliphatic rings. The van der Waals surface area contributed by atoms with Gasteiger partial charge < -0.3 is 11.1 Å². The number of hydrogen-bond acceptors (Lipinski definition) is 5. The van der Waals surface area contributed by atoms with Crippen LogP contribution in [0.4, 0.5) is 17.6 Å². The maximum atomic E-state index is 5.96. The van der Waals surface area contributed by atoms with Gasteiger partial charge in [-0.05, 0) is 35.4 Å². The van der Waals surface area contributed by atoms with Crippen LogP contribution in [0, 0.1) is 0 Å². The fourth-order valence-corrected chi connectivity index (χ4v) is 2.56. The lowest BCUT2D eigenvalue weighted by Gasteiger charge is -2.06. The molecule has 3 N–H and O–H groups in total. The minimum absolute atomic E-state index is 0.278. The molecule has 6 nitrogen and oxygen atoms in total. The third-order valence-electron chi connectivity index (χ3n) is 3.72. The number of nitrogens with two attached hydrogens (primary N) is 1. The van der Waals surface area contributed by atoms with Gasteiger partial charge in [0.15, 0.2) is 5.82 Å². The van der Waals surface area contributed by atoms with Gasteiger partial charge in [0.25, 0.3) is 0 Å². The summed E-state index contributed by atoms with van der Waals surface area (Å²) in [6.45, 7) is 0. The molecule has 0 bridgehead atoms. The van der Waals surface area contributed by atoms with Gasteiger partial charge in [-0.1, -0.05) is 48.5 Å². The quantitative estimate of drug-likeness (QED) is 0.597. The Morgan fingerprint density at radius 3 is 2.44 bits per heavy atom. The smallest absolute Gasteiger partial charge is 0.248 e. The highest BCUT2D eigenvalue weighted by Crippen LogP contribution is 2.24. The van der Waals surface area contributed by atoms with Crippen molar-refractivity contribution in [3.05, 3.63) is 79.0 Å². The molecule has 0 aliphatic carbocycles. The van der Waals surface area contributed by atoms with Crippen LogP contribution < -0.4 is 11.1 Å². The van der Waals surface area contributed by atoms with Crippen molar-refractivity contribution in [3.63, 3.8) is 0 Å². The minimum atomic E-state index is 0.278. The summed E-state index contributed by atoms with van der Waals surface area (Å²) in [7, 11) is 0. The number of anilines is 3. The Bertz CT molecular complexity index is 979. The van der Waals surface area contributed by atoms with E-state index in [-0.39, 0.29) is 5.95 Å². The third kappa shape index (κ3) is 3.18. The highest BCUT2D eigenvalue weighted by Gasteiger charge is 2.10. The normalized spacial score (nSPS) is 10.6. The van der Waals surface area contributed by atoms with E-state index in [1.54, 1.807) is 6.20 Å². The SMILES string of the molecule is Nc1nc(Nc2cccc(-c3ccccc3)c2)nn1-c1ccccn1. The first kappa shape index (κ1) is 14.9. The number of pyridine rings is 1. The van der Waals surface area contributed by atoms with Crippen molar-refractivity contribution >= 4 is 17.6 Å². The van der Waals surface area contributed by atoms with E-state index in [4.69, 9.17) is 5.73 Å². The molecule has 0 aliphatic heterocycles. The zero-order valence-electron chi connectivity index (χ0n) is 13.4. The van der Waals surface area contributed by atoms with Gasteiger partial charge >= 0.3 is 0 Å². The third-order valence-corrected chi connectivity index (χ3v) is 3.72. The first-order chi connectivity index (χ1) is 12.3. The molecule has 2 aromatic heterocycles. The van der Waals surface area contributed by atoms with Gasteiger partial charge in [-0.3, -0.25) is 0 Å². The summed E-state index contributed by atoms with van der Waals surface area (Å²) in [6.07, 6.45) is 1.69. The molecule has 122 valence electrons. The Labute approximate surface area is 145 Å². The van der Waals surface area contributed by atoms with Crippen LogP contribution in [0.25, 0.3) is 16.9 Å². The van der Waals surface area contributed by atoms with Gasteiger partial charge in [0, 0.05) is 11.9 Å². The molecule has 0 amide bonds. The van der Waals surface area contributed by atoms with Gasteiger partial charge in [-0.2, -0.15) is 9.67 Å². The van der Waals surface area contributed by atoms with Crippen molar-refractivity contribution in [1.82, 2.24) is 19.7 Å². The first-order valence-electron chi connectivity index (χ1n) is 7.86. The van der Waals surface area contributed by atoms with E-state index in [0.29, 0.717) is 11.8 Å². The number of nitrogens with one attached hydrogen (secondary N) is 1. The van der Waals surface area contributed by atoms with Crippen molar-refractivity contribution in [2.24, 2.45) is 0 Å². The fraction of sp³-hybridized carbons (Fsp3) is 0. The number of nitrogens with zero attached hydrogens (tertiary/aromatic N) is 4. The molecule has 4 rings (SSSR count). The molecule has 6 heteroatoms. The predicted molar refractivity (Wildman–Crippen MR) is 98.7 cm³/mol. The lowest BCUT2D eigenvalue weighted by Crippen LogP contribution is -2.04. The van der Waals surface area contributed by atoms with Crippen LogP contribution in [0.5, 0.6) is 0 Å². The summed E-state index contributed by atoms with van der Waals surface area (Å²) in [4.78, 5) is 8.50. The molecule has 0 unspecified atom stereocenters. The van der Waals surface area contributed by atoms with Crippen LogP contribution >= 0.6 is 0 Å². The molecule has 0 atom stereocenters. The summed E-state index contributed by atoms with van der Waals surface area (Å²) in [5, 5.41) is 7.58. The van der Waals surface area contributed by atoms with E-state index >= 15 is 0 Å². The molecule has 0 saturated carbocycles. The Balaban J connectivity index is 1.61. The highest BCUT2D eigenvalue weighted by molar-refractivity contribution is 5.69. The first-order valence-corrected chi connectivity index (χ1v) is 7.86. The second kappa shape index (κ2) is 6.45. The Hall–Kier alpha value is -3.67. The van der Waals surface area contributed by atoms with Crippen LogP contribution in [-0.4, -0.2) is 19.7 Å². The second-order valence-electron chi connectivity index (χ2n) is 5.47. The van der Waals surface area contributed by atoms with Gasteiger partial charge in [0.05, 0.1) is 0 Å². The summed E-state index contributed by atoms with van der Waals surface area (Å²) in [5.41, 5.74) is 9.11. The van der Waals surface area contributed by atoms with Crippen LogP contribution in [0.3, 0.4) is 0 Å². The number of benzene rings is 2. The molecular formula is C19H16N6. The summed E-state index contributed by atoms with van der Waals surface area (Å²) in [5.74, 6) is 1.33. The van der Waals surface area contributed by atoms with Crippen LogP contribution in [0.2, 0.25) is 0 Å². The molecule has 2 heterocycles. The number of rotatable bonds is 4. The maximum Gasteiger partial charge on any atom is 0.248 e. The van der Waals surface area contributed by atoms with E-state index in [1.165, 1.54) is 4.68 Å². The number of hydrogen-bond donors (Lipinski definition) is 2. The van der Waals surface area contributed by atoms with Crippen LogP contribution in [0.15, 0.2) is 79.0 Å². The van der Waals surface area contributed by atoms with Crippen molar-refractivity contribution in [3.8, 4) is 16.9 Å². The van der Waals surface area contributed by atoms with Gasteiger partial charge in [-0.25, -0.2) is 4.98 Å². The molecule has 0 radical (unpaired) electrons. The van der Waals surface area contributed by atoms with Crippen molar-refractivity contribution in [2.45, 2.75) is 0 Å². The Morgan fingerprint density at radius 1 is 0.840 bits per heavy atom. The lowest BCUT2D eigenvalue weighted by atomic mass is 10.1. The standard InChI is InChI=1S/C19H16N6/c20-18-23-19(24-25(18)17-11-4-5-12-21-17)22-16-10-6-9-15(13-16)14-7-2-1-3-8-14/h1-13H,(H3,20,22,23,24). The molecule has 0 fully saturated rings. The topological polar surface area (TPSA) is 81.6 Å². The van der Waals surface area contributed by atoms with E-state index in [2.05, 4.69) is 38.6 Å².